The number of ether oxygens (including phenoxy) is 1. The predicted molar refractivity (Wildman–Crippen MR) is 113 cm³/mol. The highest BCUT2D eigenvalue weighted by Gasteiger charge is 2.04. The maximum atomic E-state index is 11.1. The minimum atomic E-state index is -0.0740. The zero-order valence-electron chi connectivity index (χ0n) is 15.0. The molecule has 3 rings (SSSR count). The maximum absolute atomic E-state index is 11.1. The van der Waals surface area contributed by atoms with Gasteiger partial charge in [0.2, 0.25) is 5.91 Å². The molecule has 0 aliphatic heterocycles. The number of hydrogen-bond acceptors (Lipinski definition) is 3. The van der Waals surface area contributed by atoms with Crippen molar-refractivity contribution < 1.29 is 9.53 Å². The van der Waals surface area contributed by atoms with Crippen molar-refractivity contribution in [3.05, 3.63) is 88.4 Å². The van der Waals surface area contributed by atoms with E-state index in [-0.39, 0.29) is 5.91 Å². The minimum absolute atomic E-state index is 0.0740. The van der Waals surface area contributed by atoms with Crippen LogP contribution in [0, 0.1) is 0 Å². The average Bonchev–Trinajstić information content (AvgIpc) is 2.67. The number of amides is 1. The lowest BCUT2D eigenvalue weighted by molar-refractivity contribution is -0.114. The van der Waals surface area contributed by atoms with Gasteiger partial charge in [0.05, 0.1) is 4.47 Å². The summed E-state index contributed by atoms with van der Waals surface area (Å²) in [7, 11) is 0. The molecule has 0 bridgehead atoms. The fourth-order valence-corrected chi connectivity index (χ4v) is 3.13. The van der Waals surface area contributed by atoms with E-state index in [2.05, 4.69) is 32.6 Å². The van der Waals surface area contributed by atoms with Crippen molar-refractivity contribution in [3.8, 4) is 5.75 Å². The molecule has 0 aliphatic rings. The van der Waals surface area contributed by atoms with Gasteiger partial charge in [-0.15, -0.1) is 0 Å². The number of rotatable bonds is 7. The minimum Gasteiger partial charge on any atom is -0.488 e. The third-order valence-corrected chi connectivity index (χ3v) is 4.56. The Labute approximate surface area is 167 Å². The van der Waals surface area contributed by atoms with Crippen LogP contribution in [0.15, 0.2) is 77.3 Å². The summed E-state index contributed by atoms with van der Waals surface area (Å²) in [6.45, 7) is 2.73. The van der Waals surface area contributed by atoms with Crippen LogP contribution < -0.4 is 15.4 Å². The summed E-state index contributed by atoms with van der Waals surface area (Å²) in [6.07, 6.45) is 0. The summed E-state index contributed by atoms with van der Waals surface area (Å²) in [5, 5.41) is 6.13. The molecule has 0 aromatic heterocycles. The summed E-state index contributed by atoms with van der Waals surface area (Å²) in [4.78, 5) is 11.1. The van der Waals surface area contributed by atoms with Crippen LogP contribution in [-0.4, -0.2) is 5.91 Å². The van der Waals surface area contributed by atoms with E-state index < -0.39 is 0 Å². The van der Waals surface area contributed by atoms with Gasteiger partial charge in [0, 0.05) is 24.8 Å². The van der Waals surface area contributed by atoms with Gasteiger partial charge in [-0.1, -0.05) is 36.4 Å². The first-order chi connectivity index (χ1) is 13.1. The van der Waals surface area contributed by atoms with Gasteiger partial charge in [0.1, 0.15) is 12.4 Å². The molecule has 27 heavy (non-hydrogen) atoms. The normalized spacial score (nSPS) is 10.3. The second-order valence-electron chi connectivity index (χ2n) is 6.15. The van der Waals surface area contributed by atoms with E-state index in [0.717, 1.165) is 32.7 Å². The summed E-state index contributed by atoms with van der Waals surface area (Å²) >= 11 is 3.59. The average molecular weight is 425 g/mol. The Kier molecular flexibility index (Phi) is 6.49. The Morgan fingerprint density at radius 2 is 1.63 bits per heavy atom. The van der Waals surface area contributed by atoms with E-state index in [1.807, 2.05) is 66.7 Å². The summed E-state index contributed by atoms with van der Waals surface area (Å²) in [6, 6.07) is 23.8. The lowest BCUT2D eigenvalue weighted by atomic mass is 10.2. The molecular weight excluding hydrogens is 404 g/mol. The molecule has 0 saturated heterocycles. The van der Waals surface area contributed by atoms with Crippen molar-refractivity contribution >= 4 is 33.2 Å². The molecule has 3 aromatic rings. The maximum Gasteiger partial charge on any atom is 0.221 e. The Morgan fingerprint density at radius 3 is 2.30 bits per heavy atom. The van der Waals surface area contributed by atoms with Crippen LogP contribution in [0.3, 0.4) is 0 Å². The van der Waals surface area contributed by atoms with Crippen LogP contribution in [0.1, 0.15) is 18.1 Å². The fraction of sp³-hybridized carbons (Fsp3) is 0.136. The van der Waals surface area contributed by atoms with Crippen LogP contribution in [-0.2, 0) is 17.9 Å². The standard InChI is InChI=1S/C22H21BrN2O2/c1-16(26)25-20-10-8-19(9-11-20)24-14-18-7-12-22(21(23)13-18)27-15-17-5-3-2-4-6-17/h2-13,24H,14-15H2,1H3,(H,25,26). The first-order valence-corrected chi connectivity index (χ1v) is 9.46. The predicted octanol–water partition coefficient (Wildman–Crippen LogP) is 5.60. The molecule has 1 amide bonds. The molecule has 0 fully saturated rings. The van der Waals surface area contributed by atoms with Crippen molar-refractivity contribution in [2.24, 2.45) is 0 Å². The van der Waals surface area contributed by atoms with E-state index in [0.29, 0.717) is 13.2 Å². The molecule has 5 heteroatoms. The molecule has 0 atom stereocenters. The lowest BCUT2D eigenvalue weighted by Crippen LogP contribution is -2.05. The van der Waals surface area contributed by atoms with Gasteiger partial charge >= 0.3 is 0 Å². The third-order valence-electron chi connectivity index (χ3n) is 3.94. The van der Waals surface area contributed by atoms with Crippen molar-refractivity contribution in [1.29, 1.82) is 0 Å². The number of hydrogen-bond donors (Lipinski definition) is 2. The second kappa shape index (κ2) is 9.24. The summed E-state index contributed by atoms with van der Waals surface area (Å²) in [5.41, 5.74) is 4.05. The summed E-state index contributed by atoms with van der Waals surface area (Å²) < 4.78 is 6.81. The second-order valence-corrected chi connectivity index (χ2v) is 7.01. The molecule has 2 N–H and O–H groups in total. The Bertz CT molecular complexity index is 896. The monoisotopic (exact) mass is 424 g/mol. The van der Waals surface area contributed by atoms with Gasteiger partial charge in [-0.2, -0.15) is 0 Å². The molecule has 138 valence electrons. The number of carbonyl (C=O) groups excluding carboxylic acids is 1. The molecule has 4 nitrogen and oxygen atoms in total. The number of benzene rings is 3. The van der Waals surface area contributed by atoms with E-state index in [1.165, 1.54) is 6.92 Å². The first kappa shape index (κ1) is 19.0. The SMILES string of the molecule is CC(=O)Nc1ccc(NCc2ccc(OCc3ccccc3)c(Br)c2)cc1. The molecular formula is C22H21BrN2O2. The van der Waals surface area contributed by atoms with Gasteiger partial charge in [-0.05, 0) is 63.5 Å². The van der Waals surface area contributed by atoms with Crippen LogP contribution in [0.4, 0.5) is 11.4 Å². The lowest BCUT2D eigenvalue weighted by Gasteiger charge is -2.11. The molecule has 0 unspecified atom stereocenters. The van der Waals surface area contributed by atoms with Gasteiger partial charge in [0.25, 0.3) is 0 Å². The van der Waals surface area contributed by atoms with Crippen LogP contribution in [0.5, 0.6) is 5.75 Å². The third kappa shape index (κ3) is 5.86. The highest BCUT2D eigenvalue weighted by Crippen LogP contribution is 2.27. The highest BCUT2D eigenvalue weighted by atomic mass is 79.9. The number of halogens is 1. The van der Waals surface area contributed by atoms with Gasteiger partial charge < -0.3 is 15.4 Å². The van der Waals surface area contributed by atoms with Gasteiger partial charge in [0.15, 0.2) is 0 Å². The highest BCUT2D eigenvalue weighted by molar-refractivity contribution is 9.10. The molecule has 0 radical (unpaired) electrons. The van der Waals surface area contributed by atoms with E-state index in [1.54, 1.807) is 0 Å². The quantitative estimate of drug-likeness (QED) is 0.518. The largest absolute Gasteiger partial charge is 0.488 e. The Morgan fingerprint density at radius 1 is 0.926 bits per heavy atom. The van der Waals surface area contributed by atoms with Crippen molar-refractivity contribution in [1.82, 2.24) is 0 Å². The Hall–Kier alpha value is -2.79. The van der Waals surface area contributed by atoms with Crippen LogP contribution in [0.2, 0.25) is 0 Å². The number of anilines is 2. The first-order valence-electron chi connectivity index (χ1n) is 8.67. The topological polar surface area (TPSA) is 50.4 Å². The van der Waals surface area contributed by atoms with E-state index in [4.69, 9.17) is 4.74 Å². The van der Waals surface area contributed by atoms with Crippen LogP contribution in [0.25, 0.3) is 0 Å². The fourth-order valence-electron chi connectivity index (χ4n) is 2.59. The van der Waals surface area contributed by atoms with Crippen molar-refractivity contribution in [3.63, 3.8) is 0 Å². The molecule has 0 spiro atoms. The van der Waals surface area contributed by atoms with Gasteiger partial charge in [-0.25, -0.2) is 0 Å². The number of carbonyl (C=O) groups is 1. The van der Waals surface area contributed by atoms with Gasteiger partial charge in [-0.3, -0.25) is 4.79 Å². The summed E-state index contributed by atoms with van der Waals surface area (Å²) in [5.74, 6) is 0.748. The molecule has 3 aromatic carbocycles. The van der Waals surface area contributed by atoms with E-state index >= 15 is 0 Å². The van der Waals surface area contributed by atoms with Crippen molar-refractivity contribution in [2.75, 3.05) is 10.6 Å². The zero-order chi connectivity index (χ0) is 19.1. The zero-order valence-corrected chi connectivity index (χ0v) is 16.6. The Balaban J connectivity index is 1.55. The molecule has 0 heterocycles. The van der Waals surface area contributed by atoms with Crippen LogP contribution >= 0.6 is 15.9 Å². The van der Waals surface area contributed by atoms with E-state index in [9.17, 15) is 4.79 Å². The van der Waals surface area contributed by atoms with Crippen molar-refractivity contribution in [2.45, 2.75) is 20.1 Å². The smallest absolute Gasteiger partial charge is 0.221 e. The number of nitrogens with one attached hydrogen (secondary N) is 2. The molecule has 0 saturated carbocycles. The molecule has 0 aliphatic carbocycles.